The second-order valence-corrected chi connectivity index (χ2v) is 6.90. The number of ether oxygens (including phenoxy) is 1. The molecule has 0 spiro atoms. The molecule has 140 valence electrons. The largest absolute Gasteiger partial charge is 0.497 e. The van der Waals surface area contributed by atoms with Gasteiger partial charge in [0.1, 0.15) is 11.4 Å². The van der Waals surface area contributed by atoms with Crippen LogP contribution in [0.3, 0.4) is 0 Å². The van der Waals surface area contributed by atoms with E-state index in [1.54, 1.807) is 31.4 Å². The van der Waals surface area contributed by atoms with Gasteiger partial charge in [-0.1, -0.05) is 54.6 Å². The first-order valence-electron chi connectivity index (χ1n) is 9.32. The standard InChI is InChI=1S/C25H17NO3/c1-29-18-13-11-16(12-14-18)21-15-26(17-7-3-2-4-8-17)23-22(21)24(27)19-9-5-6-10-20(19)25(23)28/h2-15H,1H3. The minimum absolute atomic E-state index is 0.129. The van der Waals surface area contributed by atoms with E-state index in [0.29, 0.717) is 22.4 Å². The Balaban J connectivity index is 1.80. The van der Waals surface area contributed by atoms with Crippen molar-refractivity contribution in [2.45, 2.75) is 0 Å². The first-order valence-corrected chi connectivity index (χ1v) is 9.32. The van der Waals surface area contributed by atoms with Crippen molar-refractivity contribution in [1.82, 2.24) is 4.57 Å². The molecule has 0 saturated carbocycles. The summed E-state index contributed by atoms with van der Waals surface area (Å²) in [7, 11) is 1.61. The molecule has 0 N–H and O–H groups in total. The third-order valence-corrected chi connectivity index (χ3v) is 5.30. The van der Waals surface area contributed by atoms with Gasteiger partial charge in [0.05, 0.1) is 12.7 Å². The van der Waals surface area contributed by atoms with Gasteiger partial charge in [0, 0.05) is 28.6 Å². The fourth-order valence-electron chi connectivity index (χ4n) is 3.88. The summed E-state index contributed by atoms with van der Waals surface area (Å²) in [5, 5.41) is 0. The average molecular weight is 379 g/mol. The molecule has 1 heterocycles. The fourth-order valence-corrected chi connectivity index (χ4v) is 3.88. The lowest BCUT2D eigenvalue weighted by atomic mass is 9.85. The number of hydrogen-bond donors (Lipinski definition) is 0. The van der Waals surface area contributed by atoms with Crippen molar-refractivity contribution < 1.29 is 14.3 Å². The quantitative estimate of drug-likeness (QED) is 0.447. The smallest absolute Gasteiger partial charge is 0.211 e. The van der Waals surface area contributed by atoms with Gasteiger partial charge in [-0.05, 0) is 29.8 Å². The maximum absolute atomic E-state index is 13.4. The minimum atomic E-state index is -0.140. The number of benzene rings is 3. The number of methoxy groups -OCH3 is 1. The van der Waals surface area contributed by atoms with Crippen LogP contribution in [0.5, 0.6) is 5.75 Å². The molecule has 0 radical (unpaired) electrons. The number of aromatic nitrogens is 1. The number of rotatable bonds is 3. The first-order chi connectivity index (χ1) is 14.2. The SMILES string of the molecule is COc1ccc(-c2cn(-c3ccccc3)c3c2C(=O)c2ccccc2C3=O)cc1. The predicted octanol–water partition coefficient (Wildman–Crippen LogP) is 4.93. The molecule has 4 nitrogen and oxygen atoms in total. The Morgan fingerprint density at radius 2 is 1.31 bits per heavy atom. The van der Waals surface area contributed by atoms with Gasteiger partial charge in [0.2, 0.25) is 5.78 Å². The zero-order valence-electron chi connectivity index (χ0n) is 15.8. The van der Waals surface area contributed by atoms with Crippen LogP contribution in [0.15, 0.2) is 85.1 Å². The summed E-state index contributed by atoms with van der Waals surface area (Å²) in [4.78, 5) is 26.8. The Bertz CT molecular complexity index is 1250. The molecule has 4 heteroatoms. The second kappa shape index (κ2) is 6.60. The summed E-state index contributed by atoms with van der Waals surface area (Å²) < 4.78 is 7.08. The Hall–Kier alpha value is -3.92. The topological polar surface area (TPSA) is 48.3 Å². The number of nitrogens with zero attached hydrogens (tertiary/aromatic N) is 1. The Kier molecular flexibility index (Phi) is 3.91. The van der Waals surface area contributed by atoms with Crippen molar-refractivity contribution in [2.24, 2.45) is 0 Å². The second-order valence-electron chi connectivity index (χ2n) is 6.90. The van der Waals surface area contributed by atoms with E-state index in [1.807, 2.05) is 65.4 Å². The van der Waals surface area contributed by atoms with Gasteiger partial charge in [-0.25, -0.2) is 0 Å². The van der Waals surface area contributed by atoms with Crippen LogP contribution in [0.4, 0.5) is 0 Å². The predicted molar refractivity (Wildman–Crippen MR) is 111 cm³/mol. The Morgan fingerprint density at radius 1 is 0.690 bits per heavy atom. The number of hydrogen-bond acceptors (Lipinski definition) is 3. The van der Waals surface area contributed by atoms with E-state index in [2.05, 4.69) is 0 Å². The van der Waals surface area contributed by atoms with Crippen LogP contribution in [-0.2, 0) is 0 Å². The van der Waals surface area contributed by atoms with Crippen LogP contribution in [0.2, 0.25) is 0 Å². The molecular weight excluding hydrogens is 362 g/mol. The lowest BCUT2D eigenvalue weighted by molar-refractivity contribution is 0.0975. The molecule has 5 rings (SSSR count). The minimum Gasteiger partial charge on any atom is -0.497 e. The molecule has 0 saturated heterocycles. The summed E-state index contributed by atoms with van der Waals surface area (Å²) >= 11 is 0. The maximum atomic E-state index is 13.4. The number of carbonyl (C=O) groups is 2. The molecule has 1 aromatic heterocycles. The van der Waals surface area contributed by atoms with Gasteiger partial charge < -0.3 is 9.30 Å². The molecule has 1 aliphatic rings. The van der Waals surface area contributed by atoms with Crippen molar-refractivity contribution in [1.29, 1.82) is 0 Å². The molecule has 0 unspecified atom stereocenters. The van der Waals surface area contributed by atoms with Gasteiger partial charge >= 0.3 is 0 Å². The number of ketones is 2. The summed E-state index contributed by atoms with van der Waals surface area (Å²) in [6.45, 7) is 0. The lowest BCUT2D eigenvalue weighted by Gasteiger charge is -2.17. The lowest BCUT2D eigenvalue weighted by Crippen LogP contribution is -2.22. The molecule has 0 atom stereocenters. The van der Waals surface area contributed by atoms with Crippen LogP contribution in [0.1, 0.15) is 32.0 Å². The van der Waals surface area contributed by atoms with Gasteiger partial charge in [-0.15, -0.1) is 0 Å². The number of para-hydroxylation sites is 1. The van der Waals surface area contributed by atoms with Crippen LogP contribution < -0.4 is 4.74 Å². The third kappa shape index (κ3) is 2.61. The molecule has 1 aliphatic carbocycles. The van der Waals surface area contributed by atoms with Crippen LogP contribution in [0, 0.1) is 0 Å². The molecular formula is C25H17NO3. The Morgan fingerprint density at radius 3 is 1.97 bits per heavy atom. The maximum Gasteiger partial charge on any atom is 0.211 e. The summed E-state index contributed by atoms with van der Waals surface area (Å²) in [5.41, 5.74) is 4.18. The van der Waals surface area contributed by atoms with E-state index in [9.17, 15) is 9.59 Å². The van der Waals surface area contributed by atoms with E-state index in [0.717, 1.165) is 22.6 Å². The van der Waals surface area contributed by atoms with E-state index in [1.165, 1.54) is 0 Å². The normalized spacial score (nSPS) is 12.4. The van der Waals surface area contributed by atoms with Crippen LogP contribution >= 0.6 is 0 Å². The van der Waals surface area contributed by atoms with Crippen molar-refractivity contribution in [3.8, 4) is 22.6 Å². The fraction of sp³-hybridized carbons (Fsp3) is 0.0400. The van der Waals surface area contributed by atoms with Crippen LogP contribution in [0.25, 0.3) is 16.8 Å². The average Bonchev–Trinajstić information content (AvgIpc) is 3.19. The highest BCUT2D eigenvalue weighted by Crippen LogP contribution is 2.37. The van der Waals surface area contributed by atoms with E-state index >= 15 is 0 Å². The van der Waals surface area contributed by atoms with Gasteiger partial charge in [0.15, 0.2) is 5.78 Å². The van der Waals surface area contributed by atoms with Gasteiger partial charge in [-0.3, -0.25) is 9.59 Å². The zero-order valence-corrected chi connectivity index (χ0v) is 15.8. The molecule has 4 aromatic rings. The molecule has 29 heavy (non-hydrogen) atoms. The Labute approximate surface area is 168 Å². The number of fused-ring (bicyclic) bond motifs is 2. The molecule has 0 bridgehead atoms. The molecule has 3 aromatic carbocycles. The van der Waals surface area contributed by atoms with Crippen molar-refractivity contribution >= 4 is 11.6 Å². The van der Waals surface area contributed by atoms with E-state index < -0.39 is 0 Å². The summed E-state index contributed by atoms with van der Waals surface area (Å²) in [6.07, 6.45) is 1.88. The molecule has 0 aliphatic heterocycles. The van der Waals surface area contributed by atoms with Crippen molar-refractivity contribution in [2.75, 3.05) is 7.11 Å². The first kappa shape index (κ1) is 17.2. The van der Waals surface area contributed by atoms with Crippen molar-refractivity contribution in [3.63, 3.8) is 0 Å². The summed E-state index contributed by atoms with van der Waals surface area (Å²) in [5.74, 6) is 0.465. The van der Waals surface area contributed by atoms with E-state index in [-0.39, 0.29) is 11.6 Å². The van der Waals surface area contributed by atoms with Gasteiger partial charge in [0.25, 0.3) is 0 Å². The highest BCUT2D eigenvalue weighted by atomic mass is 16.5. The summed E-state index contributed by atoms with van der Waals surface area (Å²) in [6, 6.07) is 24.1. The third-order valence-electron chi connectivity index (χ3n) is 5.30. The molecule has 0 fully saturated rings. The number of carbonyl (C=O) groups excluding carboxylic acids is 2. The van der Waals surface area contributed by atoms with Crippen molar-refractivity contribution in [3.05, 3.63) is 107 Å². The van der Waals surface area contributed by atoms with Crippen LogP contribution in [-0.4, -0.2) is 23.2 Å². The zero-order chi connectivity index (χ0) is 20.0. The highest BCUT2D eigenvalue weighted by molar-refractivity contribution is 6.30. The monoisotopic (exact) mass is 379 g/mol. The van der Waals surface area contributed by atoms with E-state index in [4.69, 9.17) is 4.74 Å². The molecule has 0 amide bonds. The highest BCUT2D eigenvalue weighted by Gasteiger charge is 2.35. The van der Waals surface area contributed by atoms with Gasteiger partial charge in [-0.2, -0.15) is 0 Å².